The highest BCUT2D eigenvalue weighted by Crippen LogP contribution is 2.09. The molecule has 1 atom stereocenters. The van der Waals surface area contributed by atoms with Crippen LogP contribution in [0.15, 0.2) is 24.3 Å². The number of hydrogen-bond donors (Lipinski definition) is 3. The van der Waals surface area contributed by atoms with Crippen LogP contribution in [-0.4, -0.2) is 28.9 Å². The summed E-state index contributed by atoms with van der Waals surface area (Å²) in [6, 6.07) is 6.34. The predicted octanol–water partition coefficient (Wildman–Crippen LogP) is 1.30. The minimum Gasteiger partial charge on any atom is -0.480 e. The quantitative estimate of drug-likeness (QED) is 0.731. The van der Waals surface area contributed by atoms with Gasteiger partial charge in [-0.1, -0.05) is 17.7 Å². The Hall–Kier alpha value is -2.37. The Balaban J connectivity index is 2.34. The molecule has 0 heterocycles. The zero-order valence-electron chi connectivity index (χ0n) is 11.5. The Labute approximate surface area is 117 Å². The Morgan fingerprint density at radius 1 is 1.10 bits per heavy atom. The van der Waals surface area contributed by atoms with Crippen molar-refractivity contribution in [2.45, 2.75) is 32.7 Å². The number of aryl methyl sites for hydroxylation is 1. The van der Waals surface area contributed by atoms with Crippen molar-refractivity contribution in [3.63, 3.8) is 0 Å². The largest absolute Gasteiger partial charge is 0.480 e. The number of carboxylic acid groups (broad SMARTS) is 1. The van der Waals surface area contributed by atoms with Gasteiger partial charge in [-0.3, -0.25) is 14.4 Å². The van der Waals surface area contributed by atoms with Gasteiger partial charge in [0.15, 0.2) is 0 Å². The lowest BCUT2D eigenvalue weighted by molar-refractivity contribution is -0.141. The third-order valence-corrected chi connectivity index (χ3v) is 2.66. The fraction of sp³-hybridized carbons (Fsp3) is 0.357. The molecule has 0 aliphatic carbocycles. The maximum atomic E-state index is 11.6. The first-order chi connectivity index (χ1) is 9.38. The number of benzene rings is 1. The van der Waals surface area contributed by atoms with E-state index < -0.39 is 17.9 Å². The van der Waals surface area contributed by atoms with Crippen LogP contribution in [0.3, 0.4) is 0 Å². The molecule has 0 aliphatic heterocycles. The van der Waals surface area contributed by atoms with E-state index in [2.05, 4.69) is 10.6 Å². The molecular weight excluding hydrogens is 260 g/mol. The van der Waals surface area contributed by atoms with Gasteiger partial charge in [-0.05, 0) is 26.0 Å². The van der Waals surface area contributed by atoms with E-state index >= 15 is 0 Å². The first-order valence-corrected chi connectivity index (χ1v) is 6.27. The summed E-state index contributed by atoms with van der Waals surface area (Å²) >= 11 is 0. The first kappa shape index (κ1) is 15.7. The van der Waals surface area contributed by atoms with Gasteiger partial charge in [-0.15, -0.1) is 0 Å². The number of amides is 2. The van der Waals surface area contributed by atoms with Gasteiger partial charge in [-0.25, -0.2) is 0 Å². The van der Waals surface area contributed by atoms with Crippen LogP contribution in [0.25, 0.3) is 0 Å². The molecule has 0 saturated heterocycles. The maximum absolute atomic E-state index is 11.6. The molecular formula is C14H18N2O4. The topological polar surface area (TPSA) is 95.5 Å². The van der Waals surface area contributed by atoms with E-state index in [4.69, 9.17) is 5.11 Å². The van der Waals surface area contributed by atoms with Gasteiger partial charge in [0, 0.05) is 18.5 Å². The van der Waals surface area contributed by atoms with E-state index in [1.54, 1.807) is 12.1 Å². The molecule has 3 N–H and O–H groups in total. The van der Waals surface area contributed by atoms with Crippen LogP contribution in [-0.2, 0) is 14.4 Å². The van der Waals surface area contributed by atoms with Crippen molar-refractivity contribution in [1.82, 2.24) is 5.32 Å². The first-order valence-electron chi connectivity index (χ1n) is 6.27. The molecule has 0 fully saturated rings. The second kappa shape index (κ2) is 7.28. The van der Waals surface area contributed by atoms with Crippen LogP contribution in [0.5, 0.6) is 0 Å². The van der Waals surface area contributed by atoms with Gasteiger partial charge in [0.2, 0.25) is 11.8 Å². The van der Waals surface area contributed by atoms with E-state index in [0.717, 1.165) is 5.56 Å². The van der Waals surface area contributed by atoms with Crippen LogP contribution in [0.1, 0.15) is 25.3 Å². The van der Waals surface area contributed by atoms with Gasteiger partial charge >= 0.3 is 5.97 Å². The van der Waals surface area contributed by atoms with Crippen molar-refractivity contribution in [3.8, 4) is 0 Å². The van der Waals surface area contributed by atoms with Gasteiger partial charge in [0.05, 0.1) is 0 Å². The number of carbonyl (C=O) groups is 3. The number of carbonyl (C=O) groups excluding carboxylic acids is 2. The van der Waals surface area contributed by atoms with Crippen molar-refractivity contribution in [2.24, 2.45) is 0 Å². The van der Waals surface area contributed by atoms with E-state index in [0.29, 0.717) is 5.69 Å². The lowest BCUT2D eigenvalue weighted by Crippen LogP contribution is -2.38. The number of anilines is 1. The molecule has 1 aromatic carbocycles. The average molecular weight is 278 g/mol. The maximum Gasteiger partial charge on any atom is 0.325 e. The lowest BCUT2D eigenvalue weighted by Gasteiger charge is -2.09. The molecule has 0 aliphatic rings. The Kier molecular flexibility index (Phi) is 5.71. The predicted molar refractivity (Wildman–Crippen MR) is 74.3 cm³/mol. The summed E-state index contributed by atoms with van der Waals surface area (Å²) in [6.07, 6.45) is -0.0403. The summed E-state index contributed by atoms with van der Waals surface area (Å²) in [5.74, 6) is -1.85. The molecule has 2 amide bonds. The van der Waals surface area contributed by atoms with Crippen molar-refractivity contribution in [3.05, 3.63) is 29.8 Å². The second-order valence-corrected chi connectivity index (χ2v) is 4.54. The molecule has 1 aromatic rings. The van der Waals surface area contributed by atoms with Gasteiger partial charge in [0.1, 0.15) is 6.04 Å². The standard InChI is InChI=1S/C14H18N2O4/c1-9-3-5-11(6-4-9)16-13(18)8-7-12(17)15-10(2)14(19)20/h3-6,10H,7-8H2,1-2H3,(H,15,17)(H,16,18)(H,19,20). The summed E-state index contributed by atoms with van der Waals surface area (Å²) in [4.78, 5) is 33.6. The lowest BCUT2D eigenvalue weighted by atomic mass is 10.2. The van der Waals surface area contributed by atoms with Gasteiger partial charge in [-0.2, -0.15) is 0 Å². The van der Waals surface area contributed by atoms with E-state index in [1.807, 2.05) is 19.1 Å². The number of rotatable bonds is 6. The van der Waals surface area contributed by atoms with E-state index in [1.165, 1.54) is 6.92 Å². The Morgan fingerprint density at radius 3 is 2.20 bits per heavy atom. The van der Waals surface area contributed by atoms with Crippen molar-refractivity contribution >= 4 is 23.5 Å². The van der Waals surface area contributed by atoms with Crippen LogP contribution < -0.4 is 10.6 Å². The fourth-order valence-corrected chi connectivity index (χ4v) is 1.46. The fourth-order valence-electron chi connectivity index (χ4n) is 1.46. The number of aliphatic carboxylic acids is 1. The third kappa shape index (κ3) is 5.51. The highest BCUT2D eigenvalue weighted by atomic mass is 16.4. The molecule has 1 rings (SSSR count). The number of carboxylic acids is 1. The molecule has 6 heteroatoms. The molecule has 0 bridgehead atoms. The molecule has 1 unspecified atom stereocenters. The SMILES string of the molecule is Cc1ccc(NC(=O)CCC(=O)NC(C)C(=O)O)cc1. The molecule has 0 aromatic heterocycles. The van der Waals surface area contributed by atoms with Crippen LogP contribution in [0.4, 0.5) is 5.69 Å². The smallest absolute Gasteiger partial charge is 0.325 e. The highest BCUT2D eigenvalue weighted by Gasteiger charge is 2.14. The summed E-state index contributed by atoms with van der Waals surface area (Å²) in [7, 11) is 0. The zero-order chi connectivity index (χ0) is 15.1. The Bertz CT molecular complexity index is 496. The van der Waals surface area contributed by atoms with Crippen molar-refractivity contribution < 1.29 is 19.5 Å². The average Bonchev–Trinajstić information content (AvgIpc) is 2.39. The Morgan fingerprint density at radius 2 is 1.65 bits per heavy atom. The summed E-state index contributed by atoms with van der Waals surface area (Å²) < 4.78 is 0. The molecule has 0 saturated carbocycles. The van der Waals surface area contributed by atoms with Crippen LogP contribution >= 0.6 is 0 Å². The molecule has 0 radical (unpaired) electrons. The van der Waals surface area contributed by atoms with Crippen LogP contribution in [0, 0.1) is 6.92 Å². The second-order valence-electron chi connectivity index (χ2n) is 4.54. The minimum absolute atomic E-state index is 0.00600. The number of nitrogens with one attached hydrogen (secondary N) is 2. The summed E-state index contributed by atoms with van der Waals surface area (Å²) in [5, 5.41) is 13.6. The monoisotopic (exact) mass is 278 g/mol. The molecule has 0 spiro atoms. The minimum atomic E-state index is -1.11. The van der Waals surface area contributed by atoms with Crippen molar-refractivity contribution in [1.29, 1.82) is 0 Å². The molecule has 6 nitrogen and oxygen atoms in total. The summed E-state index contributed by atoms with van der Waals surface area (Å²) in [6.45, 7) is 3.31. The van der Waals surface area contributed by atoms with E-state index in [-0.39, 0.29) is 18.7 Å². The molecule has 108 valence electrons. The van der Waals surface area contributed by atoms with Crippen molar-refractivity contribution in [2.75, 3.05) is 5.32 Å². The molecule has 20 heavy (non-hydrogen) atoms. The third-order valence-electron chi connectivity index (χ3n) is 2.66. The van der Waals surface area contributed by atoms with Gasteiger partial charge < -0.3 is 15.7 Å². The highest BCUT2D eigenvalue weighted by molar-refractivity contribution is 5.93. The summed E-state index contributed by atoms with van der Waals surface area (Å²) in [5.41, 5.74) is 1.75. The zero-order valence-corrected chi connectivity index (χ0v) is 11.5. The van der Waals surface area contributed by atoms with Gasteiger partial charge in [0.25, 0.3) is 0 Å². The van der Waals surface area contributed by atoms with E-state index in [9.17, 15) is 14.4 Å². The van der Waals surface area contributed by atoms with Crippen LogP contribution in [0.2, 0.25) is 0 Å². The number of hydrogen-bond acceptors (Lipinski definition) is 3. The normalized spacial score (nSPS) is 11.5.